The van der Waals surface area contributed by atoms with Gasteiger partial charge in [0.05, 0.1) is 11.4 Å². The largest absolute Gasteiger partial charge is 0.479 e. The minimum Gasteiger partial charge on any atom is -0.479 e. The van der Waals surface area contributed by atoms with Gasteiger partial charge in [-0.2, -0.15) is 4.72 Å². The molecule has 8 heteroatoms. The van der Waals surface area contributed by atoms with Crippen LogP contribution in [0.15, 0.2) is 29.2 Å². The number of carbonyl (C=O) groups is 2. The first-order valence-electron chi connectivity index (χ1n) is 8.29. The molecule has 0 atom stereocenters. The van der Waals surface area contributed by atoms with Crippen molar-refractivity contribution in [3.05, 3.63) is 29.8 Å². The van der Waals surface area contributed by atoms with Crippen molar-refractivity contribution in [2.24, 2.45) is 0 Å². The minimum atomic E-state index is -3.84. The minimum absolute atomic E-state index is 0.0972. The number of carboxylic acid groups (broad SMARTS) is 1. The Morgan fingerprint density at radius 2 is 1.96 bits per heavy atom. The lowest BCUT2D eigenvalue weighted by Crippen LogP contribution is -2.56. The molecule has 2 rings (SSSR count). The van der Waals surface area contributed by atoms with Crippen molar-refractivity contribution in [2.75, 3.05) is 13.6 Å². The lowest BCUT2D eigenvalue weighted by molar-refractivity contribution is -0.151. The summed E-state index contributed by atoms with van der Waals surface area (Å²) in [6.45, 7) is -0.164. The van der Waals surface area contributed by atoms with Crippen LogP contribution in [0.1, 0.15) is 42.5 Å². The van der Waals surface area contributed by atoms with Gasteiger partial charge in [0.2, 0.25) is 10.0 Å². The quantitative estimate of drug-likeness (QED) is 0.730. The highest BCUT2D eigenvalue weighted by molar-refractivity contribution is 7.89. The number of carboxylic acids is 1. The van der Waals surface area contributed by atoms with Crippen LogP contribution >= 0.6 is 0 Å². The molecule has 1 saturated carbocycles. The molecule has 1 fully saturated rings. The number of carbonyl (C=O) groups excluding carboxylic acids is 1. The Labute approximate surface area is 153 Å². The highest BCUT2D eigenvalue weighted by Crippen LogP contribution is 2.34. The number of nitrogens with one attached hydrogen (secondary N) is 1. The normalized spacial score (nSPS) is 16.5. The van der Waals surface area contributed by atoms with Crippen molar-refractivity contribution < 1.29 is 23.1 Å². The fraction of sp³-hybridized carbons (Fsp3) is 0.444. The molecule has 2 N–H and O–H groups in total. The van der Waals surface area contributed by atoms with Crippen molar-refractivity contribution in [1.29, 1.82) is 0 Å². The third-order valence-corrected chi connectivity index (χ3v) is 6.18. The zero-order valence-corrected chi connectivity index (χ0v) is 15.4. The average Bonchev–Trinajstić information content (AvgIpc) is 2.65. The summed E-state index contributed by atoms with van der Waals surface area (Å²) < 4.78 is 26.6. The Kier molecular flexibility index (Phi) is 6.05. The van der Waals surface area contributed by atoms with Gasteiger partial charge in [0.15, 0.2) is 0 Å². The first-order valence-corrected chi connectivity index (χ1v) is 9.78. The SMILES string of the molecule is C#CCNS(=O)(=O)c1cccc(C(=O)N(C)C2(C(=O)O)CCCCC2)c1. The molecule has 26 heavy (non-hydrogen) atoms. The second-order valence-electron chi connectivity index (χ2n) is 6.32. The Morgan fingerprint density at radius 1 is 1.31 bits per heavy atom. The molecule has 0 spiro atoms. The van der Waals surface area contributed by atoms with Crippen molar-refractivity contribution in [2.45, 2.75) is 42.5 Å². The van der Waals surface area contributed by atoms with E-state index >= 15 is 0 Å². The molecule has 0 saturated heterocycles. The van der Waals surface area contributed by atoms with E-state index in [1.54, 1.807) is 0 Å². The van der Waals surface area contributed by atoms with Crippen LogP contribution in [-0.4, -0.2) is 49.4 Å². The van der Waals surface area contributed by atoms with Crippen LogP contribution in [0, 0.1) is 12.3 Å². The van der Waals surface area contributed by atoms with Gasteiger partial charge in [0.1, 0.15) is 5.54 Å². The van der Waals surface area contributed by atoms with Gasteiger partial charge in [-0.15, -0.1) is 6.42 Å². The van der Waals surface area contributed by atoms with Crippen molar-refractivity contribution in [3.63, 3.8) is 0 Å². The zero-order valence-electron chi connectivity index (χ0n) is 14.6. The lowest BCUT2D eigenvalue weighted by Gasteiger charge is -2.41. The molecule has 0 bridgehead atoms. The number of hydrogen-bond acceptors (Lipinski definition) is 4. The average molecular weight is 378 g/mol. The van der Waals surface area contributed by atoms with Gasteiger partial charge in [-0.05, 0) is 31.0 Å². The maximum Gasteiger partial charge on any atom is 0.329 e. The van der Waals surface area contributed by atoms with Gasteiger partial charge >= 0.3 is 5.97 Å². The van der Waals surface area contributed by atoms with Crippen LogP contribution in [0.4, 0.5) is 0 Å². The van der Waals surface area contributed by atoms with E-state index < -0.39 is 27.4 Å². The Hall–Kier alpha value is -2.37. The summed E-state index contributed by atoms with van der Waals surface area (Å²) in [5.41, 5.74) is -1.14. The number of benzene rings is 1. The fourth-order valence-electron chi connectivity index (χ4n) is 3.23. The molecule has 1 aliphatic rings. The van der Waals surface area contributed by atoms with Gasteiger partial charge in [0, 0.05) is 12.6 Å². The Morgan fingerprint density at radius 3 is 2.54 bits per heavy atom. The van der Waals surface area contributed by atoms with Gasteiger partial charge in [0.25, 0.3) is 5.91 Å². The number of likely N-dealkylation sites (N-methyl/N-ethyl adjacent to an activating group) is 1. The smallest absolute Gasteiger partial charge is 0.329 e. The Balaban J connectivity index is 2.33. The summed E-state index contributed by atoms with van der Waals surface area (Å²) >= 11 is 0. The van der Waals surface area contributed by atoms with Gasteiger partial charge < -0.3 is 10.0 Å². The van der Waals surface area contributed by atoms with Crippen LogP contribution in [0.3, 0.4) is 0 Å². The summed E-state index contributed by atoms with van der Waals surface area (Å²) in [6, 6.07) is 5.50. The number of rotatable bonds is 6. The third kappa shape index (κ3) is 3.89. The van der Waals surface area contributed by atoms with Crippen LogP contribution in [-0.2, 0) is 14.8 Å². The van der Waals surface area contributed by atoms with E-state index in [0.29, 0.717) is 12.8 Å². The molecular weight excluding hydrogens is 356 g/mol. The monoisotopic (exact) mass is 378 g/mol. The van der Waals surface area contributed by atoms with Crippen LogP contribution < -0.4 is 4.72 Å². The molecule has 1 aromatic carbocycles. The highest BCUT2D eigenvalue weighted by Gasteiger charge is 2.45. The summed E-state index contributed by atoms with van der Waals surface area (Å²) in [5.74, 6) is 0.619. The molecule has 0 aromatic heterocycles. The first-order chi connectivity index (χ1) is 12.2. The molecule has 0 radical (unpaired) electrons. The van der Waals surface area contributed by atoms with Gasteiger partial charge in [-0.1, -0.05) is 31.2 Å². The van der Waals surface area contributed by atoms with Crippen LogP contribution in [0.25, 0.3) is 0 Å². The molecular formula is C18H22N2O5S. The molecule has 1 amide bonds. The molecule has 0 unspecified atom stereocenters. The summed E-state index contributed by atoms with van der Waals surface area (Å²) in [7, 11) is -2.38. The predicted octanol–water partition coefficient (Wildman–Crippen LogP) is 1.46. The predicted molar refractivity (Wildman–Crippen MR) is 96.0 cm³/mol. The molecule has 0 aliphatic heterocycles. The number of hydrogen-bond donors (Lipinski definition) is 2. The fourth-order valence-corrected chi connectivity index (χ4v) is 4.21. The van der Waals surface area contributed by atoms with Crippen LogP contribution in [0.2, 0.25) is 0 Å². The maximum absolute atomic E-state index is 12.9. The molecule has 1 aromatic rings. The topological polar surface area (TPSA) is 104 Å². The van der Waals surface area contributed by atoms with E-state index in [2.05, 4.69) is 10.6 Å². The van der Waals surface area contributed by atoms with E-state index in [9.17, 15) is 23.1 Å². The number of aliphatic carboxylic acids is 1. The highest BCUT2D eigenvalue weighted by atomic mass is 32.2. The van der Waals surface area contributed by atoms with Gasteiger partial charge in [-0.25, -0.2) is 13.2 Å². The molecule has 140 valence electrons. The maximum atomic E-state index is 12.9. The van der Waals surface area contributed by atoms with E-state index in [1.807, 2.05) is 0 Å². The zero-order chi connectivity index (χ0) is 19.4. The number of amides is 1. The van der Waals surface area contributed by atoms with Crippen molar-refractivity contribution in [3.8, 4) is 12.3 Å². The number of sulfonamides is 1. The van der Waals surface area contributed by atoms with Crippen molar-refractivity contribution >= 4 is 21.9 Å². The lowest BCUT2D eigenvalue weighted by atomic mass is 9.80. The van der Waals surface area contributed by atoms with Crippen LogP contribution in [0.5, 0.6) is 0 Å². The summed E-state index contributed by atoms with van der Waals surface area (Å²) in [4.78, 5) is 25.9. The number of terminal acetylenes is 1. The number of nitrogens with zero attached hydrogens (tertiary/aromatic N) is 1. The molecule has 0 heterocycles. The second-order valence-corrected chi connectivity index (χ2v) is 8.09. The molecule has 7 nitrogen and oxygen atoms in total. The standard InChI is InChI=1S/C18H22N2O5S/c1-3-12-19-26(24,25)15-9-7-8-14(13-15)16(21)20(2)18(17(22)23)10-5-4-6-11-18/h1,7-9,13,19H,4-6,10-12H2,2H3,(H,22,23). The van der Waals surface area contributed by atoms with E-state index in [1.165, 1.54) is 36.2 Å². The van der Waals surface area contributed by atoms with E-state index in [4.69, 9.17) is 6.42 Å². The molecule has 1 aliphatic carbocycles. The van der Waals surface area contributed by atoms with Crippen molar-refractivity contribution in [1.82, 2.24) is 9.62 Å². The summed E-state index contributed by atoms with van der Waals surface area (Å²) in [5, 5.41) is 9.72. The first kappa shape index (κ1) is 19.9. The van der Waals surface area contributed by atoms with E-state index in [-0.39, 0.29) is 17.0 Å². The third-order valence-electron chi connectivity index (χ3n) is 4.78. The second kappa shape index (κ2) is 7.89. The van der Waals surface area contributed by atoms with E-state index in [0.717, 1.165) is 19.3 Å². The summed E-state index contributed by atoms with van der Waals surface area (Å²) in [6.07, 6.45) is 8.22. The Bertz CT molecular complexity index is 835. The van der Waals surface area contributed by atoms with Gasteiger partial charge in [-0.3, -0.25) is 4.79 Å².